The van der Waals surface area contributed by atoms with Gasteiger partial charge in [0.05, 0.1) is 6.54 Å². The SMILES string of the molecule is C#CCOc1ccc(-c2[c-]cc(Br)c(=O)n2CC(F)F)cc1.[Y]. The van der Waals surface area contributed by atoms with Crippen LogP contribution in [0.5, 0.6) is 5.75 Å². The van der Waals surface area contributed by atoms with Gasteiger partial charge in [0.15, 0.2) is 0 Å². The number of hydrogen-bond donors (Lipinski definition) is 0. The maximum absolute atomic E-state index is 12.7. The number of ether oxygens (including phenoxy) is 1. The van der Waals surface area contributed by atoms with Crippen molar-refractivity contribution >= 4 is 15.9 Å². The number of rotatable bonds is 5. The molecule has 1 heterocycles. The molecule has 2 rings (SSSR count). The summed E-state index contributed by atoms with van der Waals surface area (Å²) in [6.45, 7) is -0.556. The van der Waals surface area contributed by atoms with E-state index >= 15 is 0 Å². The van der Waals surface area contributed by atoms with Gasteiger partial charge in [0.1, 0.15) is 12.4 Å². The number of alkyl halides is 2. The van der Waals surface area contributed by atoms with Gasteiger partial charge in [-0.05, 0) is 16.6 Å². The molecule has 0 aliphatic rings. The van der Waals surface area contributed by atoms with E-state index in [0.717, 1.165) is 4.57 Å². The third kappa shape index (κ3) is 5.24. The molecule has 0 saturated carbocycles. The summed E-state index contributed by atoms with van der Waals surface area (Å²) < 4.78 is 31.8. The molecule has 0 atom stereocenters. The molecular formula is C16H11BrF2NO2Y-. The van der Waals surface area contributed by atoms with Crippen LogP contribution in [0.3, 0.4) is 0 Å². The molecule has 0 spiro atoms. The minimum atomic E-state index is -2.64. The fourth-order valence-corrected chi connectivity index (χ4v) is 2.22. The third-order valence-corrected chi connectivity index (χ3v) is 3.39. The van der Waals surface area contributed by atoms with Crippen molar-refractivity contribution in [2.24, 2.45) is 0 Å². The number of aromatic nitrogens is 1. The van der Waals surface area contributed by atoms with E-state index in [1.54, 1.807) is 24.3 Å². The quantitative estimate of drug-likeness (QED) is 0.511. The van der Waals surface area contributed by atoms with Crippen LogP contribution in [0.1, 0.15) is 0 Å². The zero-order chi connectivity index (χ0) is 16.1. The Morgan fingerprint density at radius 3 is 2.57 bits per heavy atom. The van der Waals surface area contributed by atoms with Crippen LogP contribution in [0.2, 0.25) is 0 Å². The normalized spacial score (nSPS) is 10.0. The predicted molar refractivity (Wildman–Crippen MR) is 83.0 cm³/mol. The van der Waals surface area contributed by atoms with E-state index in [0.29, 0.717) is 11.3 Å². The summed E-state index contributed by atoms with van der Waals surface area (Å²) in [5.41, 5.74) is 0.344. The van der Waals surface area contributed by atoms with E-state index in [1.807, 2.05) is 0 Å². The van der Waals surface area contributed by atoms with Crippen LogP contribution in [0, 0.1) is 18.4 Å². The summed E-state index contributed by atoms with van der Waals surface area (Å²) in [4.78, 5) is 12.0. The van der Waals surface area contributed by atoms with Crippen molar-refractivity contribution in [3.63, 3.8) is 0 Å². The summed E-state index contributed by atoms with van der Waals surface area (Å²) in [7, 11) is 0. The Labute approximate surface area is 166 Å². The fraction of sp³-hybridized carbons (Fsp3) is 0.188. The Hall–Kier alpha value is -1.03. The van der Waals surface area contributed by atoms with Crippen molar-refractivity contribution in [1.29, 1.82) is 0 Å². The van der Waals surface area contributed by atoms with Crippen LogP contribution < -0.4 is 10.3 Å². The third-order valence-electron chi connectivity index (χ3n) is 2.83. The fourth-order valence-electron chi connectivity index (χ4n) is 1.89. The maximum Gasteiger partial charge on any atom is 0.256 e. The van der Waals surface area contributed by atoms with E-state index in [1.165, 1.54) is 6.07 Å². The Balaban J connectivity index is 0.00000264. The first-order valence-electron chi connectivity index (χ1n) is 6.28. The van der Waals surface area contributed by atoms with Gasteiger partial charge in [-0.1, -0.05) is 17.2 Å². The Bertz CT molecular complexity index is 754. The molecule has 1 aromatic heterocycles. The van der Waals surface area contributed by atoms with Crippen LogP contribution in [-0.4, -0.2) is 17.6 Å². The van der Waals surface area contributed by atoms with Crippen LogP contribution in [0.25, 0.3) is 11.3 Å². The first-order chi connectivity index (χ1) is 10.5. The molecule has 0 N–H and O–H groups in total. The second kappa shape index (κ2) is 9.31. The second-order valence-electron chi connectivity index (χ2n) is 4.31. The average molecular weight is 456 g/mol. The van der Waals surface area contributed by atoms with Crippen LogP contribution >= 0.6 is 15.9 Å². The Morgan fingerprint density at radius 2 is 2.00 bits per heavy atom. The van der Waals surface area contributed by atoms with Crippen LogP contribution in [-0.2, 0) is 39.3 Å². The molecule has 0 saturated heterocycles. The van der Waals surface area contributed by atoms with Gasteiger partial charge >= 0.3 is 0 Å². The molecule has 0 amide bonds. The van der Waals surface area contributed by atoms with Gasteiger partial charge < -0.3 is 9.30 Å². The molecule has 0 bridgehead atoms. The van der Waals surface area contributed by atoms with E-state index in [9.17, 15) is 13.6 Å². The maximum atomic E-state index is 12.7. The molecule has 1 radical (unpaired) electrons. The average Bonchev–Trinajstić information content (AvgIpc) is 2.50. The first kappa shape index (κ1) is 20.0. The summed E-state index contributed by atoms with van der Waals surface area (Å²) in [6.07, 6.45) is 2.46. The van der Waals surface area contributed by atoms with Crippen LogP contribution in [0.15, 0.2) is 39.6 Å². The van der Waals surface area contributed by atoms with Crippen molar-refractivity contribution in [2.45, 2.75) is 13.0 Å². The molecule has 1 aromatic carbocycles. The van der Waals surface area contributed by atoms with Crippen molar-refractivity contribution in [2.75, 3.05) is 6.61 Å². The van der Waals surface area contributed by atoms with Crippen molar-refractivity contribution in [3.05, 3.63) is 51.2 Å². The van der Waals surface area contributed by atoms with E-state index < -0.39 is 18.5 Å². The van der Waals surface area contributed by atoms with Gasteiger partial charge in [0, 0.05) is 32.7 Å². The van der Waals surface area contributed by atoms with E-state index in [-0.39, 0.29) is 49.5 Å². The largest absolute Gasteiger partial charge is 0.481 e. The molecule has 2 aromatic rings. The smallest absolute Gasteiger partial charge is 0.256 e. The molecule has 23 heavy (non-hydrogen) atoms. The summed E-state index contributed by atoms with van der Waals surface area (Å²) >= 11 is 3.03. The predicted octanol–water partition coefficient (Wildman–Crippen LogP) is 3.35. The van der Waals surface area contributed by atoms with Gasteiger partial charge in [0.25, 0.3) is 6.43 Å². The zero-order valence-electron chi connectivity index (χ0n) is 11.9. The molecule has 0 fully saturated rings. The number of nitrogens with zero attached hydrogens (tertiary/aromatic N) is 1. The first-order valence-corrected chi connectivity index (χ1v) is 7.08. The molecular weight excluding hydrogens is 445 g/mol. The topological polar surface area (TPSA) is 31.2 Å². The van der Waals surface area contributed by atoms with Crippen molar-refractivity contribution < 1.29 is 46.2 Å². The second-order valence-corrected chi connectivity index (χ2v) is 5.16. The zero-order valence-corrected chi connectivity index (χ0v) is 16.4. The molecule has 7 heteroatoms. The minimum Gasteiger partial charge on any atom is -0.481 e. The van der Waals surface area contributed by atoms with Gasteiger partial charge in [-0.2, -0.15) is 12.1 Å². The Kier molecular flexibility index (Phi) is 8.11. The summed E-state index contributed by atoms with van der Waals surface area (Å²) in [5, 5.41) is 0. The molecule has 0 unspecified atom stereocenters. The minimum absolute atomic E-state index is 0. The number of benzene rings is 1. The van der Waals surface area contributed by atoms with Gasteiger partial charge in [-0.3, -0.25) is 4.79 Å². The standard InChI is InChI=1S/C16H11BrF2NO2.Y/c1-2-9-22-12-5-3-11(4-6-12)14-8-7-13(17)16(21)20(14)10-15(18)19;/h1,3-7,15H,9-10H2;/q-1;. The van der Waals surface area contributed by atoms with E-state index in [2.05, 4.69) is 27.9 Å². The number of pyridine rings is 1. The van der Waals surface area contributed by atoms with Crippen molar-refractivity contribution in [3.8, 4) is 29.4 Å². The summed E-state index contributed by atoms with van der Waals surface area (Å²) in [6, 6.07) is 10.9. The number of terminal acetylenes is 1. The van der Waals surface area contributed by atoms with Crippen molar-refractivity contribution in [1.82, 2.24) is 4.57 Å². The summed E-state index contributed by atoms with van der Waals surface area (Å²) in [5.74, 6) is 2.90. The number of halogens is 3. The monoisotopic (exact) mass is 455 g/mol. The molecule has 117 valence electrons. The van der Waals surface area contributed by atoms with Gasteiger partial charge in [-0.25, -0.2) is 8.78 Å². The van der Waals surface area contributed by atoms with Gasteiger partial charge in [-0.15, -0.1) is 34.5 Å². The van der Waals surface area contributed by atoms with Crippen LogP contribution in [0.4, 0.5) is 8.78 Å². The molecule has 0 aliphatic heterocycles. The molecule has 3 nitrogen and oxygen atoms in total. The Morgan fingerprint density at radius 1 is 1.35 bits per heavy atom. The molecule has 0 aliphatic carbocycles. The number of hydrogen-bond acceptors (Lipinski definition) is 2. The van der Waals surface area contributed by atoms with E-state index in [4.69, 9.17) is 11.2 Å². The van der Waals surface area contributed by atoms with Gasteiger partial charge in [0.2, 0.25) is 5.56 Å².